The molecule has 0 radical (unpaired) electrons. The average Bonchev–Trinajstić information content (AvgIpc) is 3.73. The summed E-state index contributed by atoms with van der Waals surface area (Å²) in [5.41, 5.74) is 11.7. The fourth-order valence-electron chi connectivity index (χ4n) is 8.45. The Kier molecular flexibility index (Phi) is 6.37. The summed E-state index contributed by atoms with van der Waals surface area (Å²) >= 11 is 0. The summed E-state index contributed by atoms with van der Waals surface area (Å²) in [5, 5.41) is 7.02. The molecule has 4 heteroatoms. The largest absolute Gasteiger partial charge is 0.321 e. The van der Waals surface area contributed by atoms with Gasteiger partial charge in [0.25, 0.3) is 5.56 Å². The van der Waals surface area contributed by atoms with Crippen LogP contribution >= 0.6 is 0 Å². The van der Waals surface area contributed by atoms with Gasteiger partial charge in [-0.05, 0) is 94.4 Å². The van der Waals surface area contributed by atoms with E-state index in [0.717, 1.165) is 88.0 Å². The maximum atomic E-state index is 14.4. The number of para-hydroxylation sites is 2. The molecule has 8 aromatic carbocycles. The minimum Gasteiger partial charge on any atom is -0.321 e. The normalized spacial score (nSPS) is 11.8. The molecule has 0 aliphatic rings. The zero-order valence-corrected chi connectivity index (χ0v) is 28.6. The first kappa shape index (κ1) is 29.5. The molecule has 0 bridgehead atoms. The lowest BCUT2D eigenvalue weighted by Gasteiger charge is -2.10. The van der Waals surface area contributed by atoms with Crippen LogP contribution in [-0.4, -0.2) is 14.1 Å². The Morgan fingerprint density at radius 3 is 1.43 bits per heavy atom. The topological polar surface area (TPSA) is 42.7 Å². The van der Waals surface area contributed by atoms with Crippen molar-refractivity contribution in [2.45, 2.75) is 0 Å². The predicted molar refractivity (Wildman–Crippen MR) is 222 cm³/mol. The van der Waals surface area contributed by atoms with Crippen molar-refractivity contribution in [1.82, 2.24) is 14.1 Å². The van der Waals surface area contributed by atoms with Crippen LogP contribution in [0, 0.1) is 0 Å². The molecule has 0 aliphatic heterocycles. The van der Waals surface area contributed by atoms with Gasteiger partial charge in [0.15, 0.2) is 0 Å². The van der Waals surface area contributed by atoms with Crippen LogP contribution in [0.2, 0.25) is 0 Å². The third-order valence-corrected chi connectivity index (χ3v) is 10.9. The monoisotopic (exact) mass is 677 g/mol. The molecule has 0 aliphatic carbocycles. The van der Waals surface area contributed by atoms with Gasteiger partial charge in [-0.1, -0.05) is 115 Å². The van der Waals surface area contributed by atoms with Crippen molar-refractivity contribution >= 4 is 65.3 Å². The summed E-state index contributed by atoms with van der Waals surface area (Å²) in [6.45, 7) is 0. The van der Waals surface area contributed by atoms with Crippen molar-refractivity contribution in [2.24, 2.45) is 0 Å². The van der Waals surface area contributed by atoms with Crippen molar-refractivity contribution in [1.29, 1.82) is 0 Å². The molecule has 4 nitrogen and oxygen atoms in total. The lowest BCUT2D eigenvalue weighted by Crippen LogP contribution is -2.07. The third-order valence-electron chi connectivity index (χ3n) is 10.9. The van der Waals surface area contributed by atoms with Crippen LogP contribution in [0.15, 0.2) is 187 Å². The highest BCUT2D eigenvalue weighted by molar-refractivity contribution is 6.26. The molecule has 53 heavy (non-hydrogen) atoms. The van der Waals surface area contributed by atoms with Gasteiger partial charge in [-0.3, -0.25) is 4.79 Å². The molecule has 0 fully saturated rings. The van der Waals surface area contributed by atoms with Gasteiger partial charge in [-0.15, -0.1) is 0 Å². The molecule has 0 saturated heterocycles. The Hall–Kier alpha value is -7.17. The van der Waals surface area contributed by atoms with Gasteiger partial charge >= 0.3 is 0 Å². The lowest BCUT2D eigenvalue weighted by atomic mass is 9.98. The summed E-state index contributed by atoms with van der Waals surface area (Å²) < 4.78 is 4.59. The van der Waals surface area contributed by atoms with E-state index in [1.54, 1.807) is 0 Å². The molecule has 0 spiro atoms. The second-order valence-corrected chi connectivity index (χ2v) is 13.8. The van der Waals surface area contributed by atoms with Crippen molar-refractivity contribution in [3.8, 4) is 33.6 Å². The van der Waals surface area contributed by atoms with Gasteiger partial charge in [-0.25, -0.2) is 0 Å². The molecule has 0 amide bonds. The number of H-pyrrole nitrogens is 1. The number of fused-ring (bicyclic) bond motifs is 10. The summed E-state index contributed by atoms with van der Waals surface area (Å²) in [7, 11) is 0. The number of pyridine rings is 1. The number of hydrogen-bond acceptors (Lipinski definition) is 1. The fourth-order valence-corrected chi connectivity index (χ4v) is 8.45. The number of nitrogens with zero attached hydrogens (tertiary/aromatic N) is 2. The fraction of sp³-hybridized carbons (Fsp3) is 0. The van der Waals surface area contributed by atoms with Gasteiger partial charge in [0, 0.05) is 43.7 Å². The number of nitrogens with one attached hydrogen (secondary N) is 1. The van der Waals surface area contributed by atoms with Crippen molar-refractivity contribution < 1.29 is 0 Å². The SMILES string of the molecule is O=c1[nH]c2c(ccc3c2c2cc(-c4ccccc4)ccc2n3-c2ccccc2)c2cc3c4cc(-c5ccccc5)ccc4n(-c4ccccc4)c3cc12. The molecular weight excluding hydrogens is 647 g/mol. The van der Waals surface area contributed by atoms with Crippen LogP contribution in [0.1, 0.15) is 0 Å². The number of aromatic amines is 1. The standard InChI is InChI=1S/C49H31N3O/c53-49-41-30-46-40(39-27-33(31-13-5-1-6-14-31)21-24-43(39)52(46)36-19-11-4-12-20-36)29-38(41)37-23-26-45-47(48(37)50-49)42-28-34(32-15-7-2-8-16-32)22-25-44(42)51(45)35-17-9-3-10-18-35/h1-30H,(H,50,53). The van der Waals surface area contributed by atoms with Crippen molar-refractivity contribution in [3.05, 3.63) is 192 Å². The highest BCUT2D eigenvalue weighted by Crippen LogP contribution is 2.41. The molecule has 0 atom stereocenters. The van der Waals surface area contributed by atoms with Crippen LogP contribution in [0.5, 0.6) is 0 Å². The van der Waals surface area contributed by atoms with Gasteiger partial charge in [-0.2, -0.15) is 0 Å². The van der Waals surface area contributed by atoms with Crippen LogP contribution in [0.25, 0.3) is 98.9 Å². The lowest BCUT2D eigenvalue weighted by molar-refractivity contribution is 1.18. The molecule has 0 saturated carbocycles. The molecule has 248 valence electrons. The molecule has 0 unspecified atom stereocenters. The third kappa shape index (κ3) is 4.46. The van der Waals surface area contributed by atoms with E-state index in [-0.39, 0.29) is 5.56 Å². The number of aromatic nitrogens is 3. The van der Waals surface area contributed by atoms with E-state index in [1.807, 2.05) is 18.2 Å². The summed E-state index contributed by atoms with van der Waals surface area (Å²) in [6, 6.07) is 64.0. The highest BCUT2D eigenvalue weighted by atomic mass is 16.1. The Labute approximate surface area is 304 Å². The quantitative estimate of drug-likeness (QED) is 0.185. The minimum absolute atomic E-state index is 0.100. The Balaban J connectivity index is 1.27. The average molecular weight is 678 g/mol. The second-order valence-electron chi connectivity index (χ2n) is 13.8. The van der Waals surface area contributed by atoms with Gasteiger partial charge in [0.2, 0.25) is 0 Å². The van der Waals surface area contributed by atoms with E-state index in [2.05, 4.69) is 178 Å². The smallest absolute Gasteiger partial charge is 0.256 e. The first-order valence-corrected chi connectivity index (χ1v) is 18.0. The highest BCUT2D eigenvalue weighted by Gasteiger charge is 2.20. The molecule has 1 N–H and O–H groups in total. The van der Waals surface area contributed by atoms with Crippen molar-refractivity contribution in [3.63, 3.8) is 0 Å². The van der Waals surface area contributed by atoms with E-state index in [4.69, 9.17) is 0 Å². The number of rotatable bonds is 4. The maximum Gasteiger partial charge on any atom is 0.256 e. The zero-order valence-electron chi connectivity index (χ0n) is 28.6. The molecular formula is C49H31N3O. The van der Waals surface area contributed by atoms with E-state index in [1.165, 1.54) is 5.56 Å². The summed E-state index contributed by atoms with van der Waals surface area (Å²) in [5.74, 6) is 0. The van der Waals surface area contributed by atoms with E-state index < -0.39 is 0 Å². The van der Waals surface area contributed by atoms with Crippen LogP contribution in [0.3, 0.4) is 0 Å². The van der Waals surface area contributed by atoms with Gasteiger partial charge in [0.05, 0.1) is 27.6 Å². The van der Waals surface area contributed by atoms with Crippen molar-refractivity contribution in [2.75, 3.05) is 0 Å². The maximum absolute atomic E-state index is 14.4. The number of benzene rings is 8. The van der Waals surface area contributed by atoms with Crippen LogP contribution in [-0.2, 0) is 0 Å². The van der Waals surface area contributed by atoms with E-state index in [9.17, 15) is 4.79 Å². The molecule has 11 rings (SSSR count). The van der Waals surface area contributed by atoms with Gasteiger partial charge in [0.1, 0.15) is 0 Å². The van der Waals surface area contributed by atoms with Crippen LogP contribution in [0.4, 0.5) is 0 Å². The first-order chi connectivity index (χ1) is 26.2. The van der Waals surface area contributed by atoms with E-state index >= 15 is 0 Å². The van der Waals surface area contributed by atoms with Gasteiger partial charge < -0.3 is 14.1 Å². The van der Waals surface area contributed by atoms with Crippen LogP contribution < -0.4 is 5.56 Å². The Morgan fingerprint density at radius 2 is 0.830 bits per heavy atom. The Bertz CT molecular complexity index is 3270. The Morgan fingerprint density at radius 1 is 0.340 bits per heavy atom. The molecule has 3 heterocycles. The molecule has 11 aromatic rings. The first-order valence-electron chi connectivity index (χ1n) is 18.0. The minimum atomic E-state index is -0.100. The summed E-state index contributed by atoms with van der Waals surface area (Å²) in [6.07, 6.45) is 0. The predicted octanol–water partition coefficient (Wildman–Crippen LogP) is 12.2. The summed E-state index contributed by atoms with van der Waals surface area (Å²) in [4.78, 5) is 17.8. The van der Waals surface area contributed by atoms with E-state index in [0.29, 0.717) is 5.39 Å². The zero-order chi connectivity index (χ0) is 35.0. The number of hydrogen-bond donors (Lipinski definition) is 1. The molecule has 3 aromatic heterocycles. The second kappa shape index (κ2) is 11.4.